The summed E-state index contributed by atoms with van der Waals surface area (Å²) in [6.07, 6.45) is 2.88. The molecule has 1 aliphatic rings. The van der Waals surface area contributed by atoms with E-state index < -0.39 is 6.04 Å². The summed E-state index contributed by atoms with van der Waals surface area (Å²) in [6, 6.07) is 6.32. The quantitative estimate of drug-likeness (QED) is 0.816. The number of carbonyl (C=O) groups is 2. The number of hydrogen-bond donors (Lipinski definition) is 2. The molecule has 1 aromatic rings. The lowest BCUT2D eigenvalue weighted by molar-refractivity contribution is -0.127. The highest BCUT2D eigenvalue weighted by molar-refractivity contribution is 7.98. The van der Waals surface area contributed by atoms with Crippen molar-refractivity contribution in [3.05, 3.63) is 34.9 Å². The number of halogens is 1. The zero-order valence-electron chi connectivity index (χ0n) is 13.3. The number of hydrogen-bond acceptors (Lipinski definition) is 4. The predicted octanol–water partition coefficient (Wildman–Crippen LogP) is 1.81. The molecule has 1 fully saturated rings. The van der Waals surface area contributed by atoms with E-state index in [1.54, 1.807) is 35.8 Å². The van der Waals surface area contributed by atoms with Crippen LogP contribution < -0.4 is 11.1 Å². The van der Waals surface area contributed by atoms with Crippen LogP contribution in [0, 0.1) is 0 Å². The number of nitrogens with one attached hydrogen (secondary N) is 1. The maximum atomic E-state index is 12.3. The Kier molecular flexibility index (Phi) is 6.33. The molecule has 1 aromatic carbocycles. The van der Waals surface area contributed by atoms with Crippen molar-refractivity contribution in [1.29, 1.82) is 0 Å². The van der Waals surface area contributed by atoms with Gasteiger partial charge >= 0.3 is 0 Å². The lowest BCUT2D eigenvalue weighted by Gasteiger charge is -2.27. The van der Waals surface area contributed by atoms with Crippen molar-refractivity contribution in [3.8, 4) is 0 Å². The Morgan fingerprint density at radius 1 is 1.48 bits per heavy atom. The monoisotopic (exact) mass is 355 g/mol. The maximum absolute atomic E-state index is 12.3. The minimum absolute atomic E-state index is 0.00735. The lowest BCUT2D eigenvalue weighted by Crippen LogP contribution is -2.47. The van der Waals surface area contributed by atoms with Crippen molar-refractivity contribution in [2.75, 3.05) is 19.1 Å². The number of nitrogens with two attached hydrogens (primary N) is 1. The van der Waals surface area contributed by atoms with Crippen LogP contribution in [0.3, 0.4) is 0 Å². The summed E-state index contributed by atoms with van der Waals surface area (Å²) in [7, 11) is 1.75. The van der Waals surface area contributed by atoms with Crippen molar-refractivity contribution < 1.29 is 9.59 Å². The Bertz CT molecular complexity index is 567. The van der Waals surface area contributed by atoms with Crippen LogP contribution in [0.4, 0.5) is 0 Å². The molecule has 2 amide bonds. The second-order valence-electron chi connectivity index (χ2n) is 5.71. The van der Waals surface area contributed by atoms with Gasteiger partial charge in [0.15, 0.2) is 0 Å². The highest BCUT2D eigenvalue weighted by Gasteiger charge is 2.39. The topological polar surface area (TPSA) is 75.4 Å². The predicted molar refractivity (Wildman–Crippen MR) is 94.5 cm³/mol. The average Bonchev–Trinajstić information content (AvgIpc) is 2.80. The molecule has 3 atom stereocenters. The summed E-state index contributed by atoms with van der Waals surface area (Å²) < 4.78 is 0. The van der Waals surface area contributed by atoms with Crippen LogP contribution in [-0.4, -0.2) is 47.9 Å². The molecule has 5 nitrogen and oxygen atoms in total. The van der Waals surface area contributed by atoms with Crippen LogP contribution >= 0.6 is 23.4 Å². The van der Waals surface area contributed by atoms with Gasteiger partial charge in [-0.1, -0.05) is 23.7 Å². The van der Waals surface area contributed by atoms with Crippen LogP contribution in [0.5, 0.6) is 0 Å². The Hall–Kier alpha value is -1.24. The van der Waals surface area contributed by atoms with Crippen LogP contribution in [-0.2, 0) is 9.59 Å². The summed E-state index contributed by atoms with van der Waals surface area (Å²) in [6.45, 7) is 0. The average molecular weight is 356 g/mol. The lowest BCUT2D eigenvalue weighted by atomic mass is 9.99. The summed E-state index contributed by atoms with van der Waals surface area (Å²) in [5, 5.41) is 3.58. The molecule has 1 heterocycles. The third-order valence-electron chi connectivity index (χ3n) is 4.10. The zero-order valence-corrected chi connectivity index (χ0v) is 14.9. The fourth-order valence-corrected chi connectivity index (χ4v) is 3.40. The van der Waals surface area contributed by atoms with E-state index in [1.807, 2.05) is 18.4 Å². The van der Waals surface area contributed by atoms with Crippen LogP contribution in [0.1, 0.15) is 24.4 Å². The molecule has 1 saturated heterocycles. The van der Waals surface area contributed by atoms with Gasteiger partial charge in [-0.15, -0.1) is 0 Å². The Morgan fingerprint density at radius 3 is 2.74 bits per heavy atom. The molecule has 0 saturated carbocycles. The zero-order chi connectivity index (χ0) is 17.0. The molecular formula is C16H22ClN3O2S. The molecule has 1 aliphatic heterocycles. The molecule has 3 unspecified atom stereocenters. The molecular weight excluding hydrogens is 334 g/mol. The van der Waals surface area contributed by atoms with Gasteiger partial charge < -0.3 is 16.0 Å². The third-order valence-corrected chi connectivity index (χ3v) is 4.99. The standard InChI is InChI=1S/C16H22ClN3O2S/c1-20-14(21)9-13(19-16(22)12(18)7-8-23-2)15(20)10-3-5-11(17)6-4-10/h3-6,12-13,15H,7-9,18H2,1-2H3,(H,19,22). The van der Waals surface area contributed by atoms with E-state index in [0.717, 1.165) is 11.3 Å². The highest BCUT2D eigenvalue weighted by Crippen LogP contribution is 2.32. The van der Waals surface area contributed by atoms with Crippen molar-refractivity contribution in [1.82, 2.24) is 10.2 Å². The van der Waals surface area contributed by atoms with E-state index in [9.17, 15) is 9.59 Å². The second kappa shape index (κ2) is 8.04. The third kappa shape index (κ3) is 4.40. The molecule has 3 N–H and O–H groups in total. The molecule has 0 spiro atoms. The number of amides is 2. The van der Waals surface area contributed by atoms with Gasteiger partial charge in [0, 0.05) is 18.5 Å². The van der Waals surface area contributed by atoms with Crippen LogP contribution in [0.2, 0.25) is 5.02 Å². The summed E-state index contributed by atoms with van der Waals surface area (Å²) >= 11 is 7.58. The van der Waals surface area contributed by atoms with Crippen molar-refractivity contribution in [3.63, 3.8) is 0 Å². The largest absolute Gasteiger partial charge is 0.349 e. The van der Waals surface area contributed by atoms with Gasteiger partial charge in [0.1, 0.15) is 0 Å². The molecule has 7 heteroatoms. The molecule has 0 radical (unpaired) electrons. The van der Waals surface area contributed by atoms with Crippen molar-refractivity contribution in [2.24, 2.45) is 5.73 Å². The van der Waals surface area contributed by atoms with Gasteiger partial charge in [0.25, 0.3) is 0 Å². The maximum Gasteiger partial charge on any atom is 0.237 e. The number of likely N-dealkylation sites (N-methyl/N-ethyl adjacent to an activating group) is 1. The molecule has 126 valence electrons. The Balaban J connectivity index is 2.11. The van der Waals surface area contributed by atoms with E-state index >= 15 is 0 Å². The molecule has 2 rings (SSSR count). The van der Waals surface area contributed by atoms with Crippen molar-refractivity contribution >= 4 is 35.2 Å². The van der Waals surface area contributed by atoms with E-state index in [0.29, 0.717) is 11.4 Å². The first kappa shape index (κ1) is 18.1. The van der Waals surface area contributed by atoms with E-state index in [2.05, 4.69) is 5.32 Å². The van der Waals surface area contributed by atoms with Crippen LogP contribution in [0.25, 0.3) is 0 Å². The Labute approximate surface area is 145 Å². The van der Waals surface area contributed by atoms with Gasteiger partial charge in [-0.05, 0) is 36.1 Å². The number of nitrogens with zero attached hydrogens (tertiary/aromatic N) is 1. The first-order valence-electron chi connectivity index (χ1n) is 7.50. The molecule has 0 aliphatic carbocycles. The molecule has 23 heavy (non-hydrogen) atoms. The molecule has 0 bridgehead atoms. The summed E-state index contributed by atoms with van der Waals surface area (Å²) in [5.74, 6) is 0.637. The first-order valence-corrected chi connectivity index (χ1v) is 9.27. The first-order chi connectivity index (χ1) is 10.9. The number of thioether (sulfide) groups is 1. The second-order valence-corrected chi connectivity index (χ2v) is 7.13. The Morgan fingerprint density at radius 2 is 2.13 bits per heavy atom. The number of carbonyl (C=O) groups excluding carboxylic acids is 2. The van der Waals surface area contributed by atoms with Gasteiger partial charge in [0.2, 0.25) is 11.8 Å². The number of rotatable bonds is 6. The normalized spacial score (nSPS) is 22.3. The highest BCUT2D eigenvalue weighted by atomic mass is 35.5. The minimum Gasteiger partial charge on any atom is -0.349 e. The number of likely N-dealkylation sites (tertiary alicyclic amines) is 1. The van der Waals surface area contributed by atoms with Gasteiger partial charge in [-0.25, -0.2) is 0 Å². The van der Waals surface area contributed by atoms with E-state index in [1.165, 1.54) is 0 Å². The fourth-order valence-electron chi connectivity index (χ4n) is 2.78. The van der Waals surface area contributed by atoms with Gasteiger partial charge in [-0.2, -0.15) is 11.8 Å². The summed E-state index contributed by atoms with van der Waals surface area (Å²) in [4.78, 5) is 26.0. The smallest absolute Gasteiger partial charge is 0.237 e. The van der Waals surface area contributed by atoms with Crippen LogP contribution in [0.15, 0.2) is 24.3 Å². The molecule has 0 aromatic heterocycles. The fraction of sp³-hybridized carbons (Fsp3) is 0.500. The van der Waals surface area contributed by atoms with Gasteiger partial charge in [-0.3, -0.25) is 9.59 Å². The van der Waals surface area contributed by atoms with Gasteiger partial charge in [0.05, 0.1) is 18.1 Å². The van der Waals surface area contributed by atoms with E-state index in [4.69, 9.17) is 17.3 Å². The summed E-state index contributed by atoms with van der Waals surface area (Å²) in [5.41, 5.74) is 6.86. The number of benzene rings is 1. The van der Waals surface area contributed by atoms with Crippen molar-refractivity contribution in [2.45, 2.75) is 31.0 Å². The van der Waals surface area contributed by atoms with E-state index in [-0.39, 0.29) is 30.3 Å². The minimum atomic E-state index is -0.547. The SMILES string of the molecule is CSCCC(N)C(=O)NC1CC(=O)N(C)C1c1ccc(Cl)cc1.